The number of hydrogen-bond acceptors (Lipinski definition) is 5. The lowest BCUT2D eigenvalue weighted by atomic mass is 10.1. The van der Waals surface area contributed by atoms with Crippen molar-refractivity contribution in [2.45, 2.75) is 27.4 Å². The Morgan fingerprint density at radius 1 is 1.00 bits per heavy atom. The van der Waals surface area contributed by atoms with Crippen LogP contribution in [0.15, 0.2) is 64.2 Å². The minimum atomic E-state index is -0.883. The topological polar surface area (TPSA) is 89.0 Å². The van der Waals surface area contributed by atoms with Gasteiger partial charge in [-0.15, -0.1) is 0 Å². The summed E-state index contributed by atoms with van der Waals surface area (Å²) in [6.07, 6.45) is 1.41. The standard InChI is InChI=1S/C26H25BrClN3O4/c1-4-34-23-13-19(12-22(27)24(23)35-15-18-6-8-20(28)9-7-18)14-29-31-26(33)25(32)30-21-10-5-16(2)17(3)11-21/h5-14H,4,15H2,1-3H3,(H,30,32)(H,31,33)/b29-14+. The minimum Gasteiger partial charge on any atom is -0.490 e. The fourth-order valence-corrected chi connectivity index (χ4v) is 3.73. The Labute approximate surface area is 217 Å². The summed E-state index contributed by atoms with van der Waals surface area (Å²) in [6.45, 7) is 6.52. The van der Waals surface area contributed by atoms with E-state index < -0.39 is 11.8 Å². The third-order valence-corrected chi connectivity index (χ3v) is 5.82. The first-order chi connectivity index (χ1) is 16.8. The lowest BCUT2D eigenvalue weighted by molar-refractivity contribution is -0.136. The molecule has 0 fully saturated rings. The van der Waals surface area contributed by atoms with Crippen LogP contribution < -0.4 is 20.2 Å². The molecule has 3 aromatic carbocycles. The molecular formula is C26H25BrClN3O4. The van der Waals surface area contributed by atoms with Gasteiger partial charge in [0.2, 0.25) is 0 Å². The Balaban J connectivity index is 1.64. The van der Waals surface area contributed by atoms with Crippen molar-refractivity contribution in [2.75, 3.05) is 11.9 Å². The summed E-state index contributed by atoms with van der Waals surface area (Å²) < 4.78 is 12.3. The van der Waals surface area contributed by atoms with E-state index in [2.05, 4.69) is 31.8 Å². The number of amides is 2. The summed E-state index contributed by atoms with van der Waals surface area (Å²) in [7, 11) is 0. The van der Waals surface area contributed by atoms with Gasteiger partial charge in [-0.2, -0.15) is 5.10 Å². The van der Waals surface area contributed by atoms with Crippen LogP contribution in [-0.4, -0.2) is 24.6 Å². The Morgan fingerprint density at radius 3 is 2.43 bits per heavy atom. The molecule has 0 spiro atoms. The summed E-state index contributed by atoms with van der Waals surface area (Å²) in [5, 5.41) is 7.11. The molecule has 0 aromatic heterocycles. The van der Waals surface area contributed by atoms with Crippen molar-refractivity contribution < 1.29 is 19.1 Å². The zero-order valence-corrected chi connectivity index (χ0v) is 21.9. The van der Waals surface area contributed by atoms with Gasteiger partial charge in [-0.3, -0.25) is 9.59 Å². The summed E-state index contributed by atoms with van der Waals surface area (Å²) in [6, 6.07) is 16.3. The van der Waals surface area contributed by atoms with Gasteiger partial charge in [-0.05, 0) is 95.4 Å². The van der Waals surface area contributed by atoms with Crippen molar-refractivity contribution in [3.8, 4) is 11.5 Å². The quantitative estimate of drug-likeness (QED) is 0.208. The van der Waals surface area contributed by atoms with Crippen molar-refractivity contribution in [2.24, 2.45) is 5.10 Å². The maximum Gasteiger partial charge on any atom is 0.329 e. The Hall–Kier alpha value is -3.36. The highest BCUT2D eigenvalue weighted by atomic mass is 79.9. The Morgan fingerprint density at radius 2 is 1.74 bits per heavy atom. The second-order valence-electron chi connectivity index (χ2n) is 7.63. The van der Waals surface area contributed by atoms with Gasteiger partial charge >= 0.3 is 11.8 Å². The molecule has 0 atom stereocenters. The first-order valence-corrected chi connectivity index (χ1v) is 12.0. The average molecular weight is 559 g/mol. The highest BCUT2D eigenvalue weighted by Crippen LogP contribution is 2.37. The molecule has 182 valence electrons. The zero-order chi connectivity index (χ0) is 25.4. The van der Waals surface area contributed by atoms with Gasteiger partial charge in [0.25, 0.3) is 0 Å². The van der Waals surface area contributed by atoms with E-state index in [0.29, 0.717) is 45.5 Å². The van der Waals surface area contributed by atoms with Crippen molar-refractivity contribution in [1.29, 1.82) is 0 Å². The molecule has 0 saturated carbocycles. The molecule has 7 nitrogen and oxygen atoms in total. The van der Waals surface area contributed by atoms with Crippen LogP contribution in [0.1, 0.15) is 29.2 Å². The minimum absolute atomic E-state index is 0.328. The van der Waals surface area contributed by atoms with Gasteiger partial charge in [0.1, 0.15) is 6.61 Å². The number of benzene rings is 3. The number of ether oxygens (including phenoxy) is 2. The van der Waals surface area contributed by atoms with E-state index >= 15 is 0 Å². The lowest BCUT2D eigenvalue weighted by Gasteiger charge is -2.14. The van der Waals surface area contributed by atoms with Crippen molar-refractivity contribution >= 4 is 51.2 Å². The van der Waals surface area contributed by atoms with Crippen LogP contribution in [0.3, 0.4) is 0 Å². The van der Waals surface area contributed by atoms with Gasteiger partial charge in [0, 0.05) is 10.7 Å². The Bertz CT molecular complexity index is 1250. The number of rotatable bonds is 8. The normalized spacial score (nSPS) is 10.8. The maximum atomic E-state index is 12.1. The predicted octanol–water partition coefficient (Wildman–Crippen LogP) is 5.79. The molecule has 0 aliphatic carbocycles. The molecule has 35 heavy (non-hydrogen) atoms. The molecule has 3 aromatic rings. The highest BCUT2D eigenvalue weighted by molar-refractivity contribution is 9.10. The van der Waals surface area contributed by atoms with Crippen LogP contribution in [0, 0.1) is 13.8 Å². The van der Waals surface area contributed by atoms with Crippen LogP contribution in [0.25, 0.3) is 0 Å². The molecule has 0 aliphatic heterocycles. The number of hydrogen-bond donors (Lipinski definition) is 2. The molecule has 0 saturated heterocycles. The van der Waals surface area contributed by atoms with Crippen LogP contribution in [0.5, 0.6) is 11.5 Å². The molecule has 0 heterocycles. The fourth-order valence-electron chi connectivity index (χ4n) is 3.02. The molecule has 2 N–H and O–H groups in total. The average Bonchev–Trinajstić information content (AvgIpc) is 2.82. The number of aryl methyl sites for hydroxylation is 2. The molecule has 0 aliphatic rings. The summed E-state index contributed by atoms with van der Waals surface area (Å²) in [4.78, 5) is 24.3. The third kappa shape index (κ3) is 7.56. The van der Waals surface area contributed by atoms with Crippen molar-refractivity contribution in [3.63, 3.8) is 0 Å². The number of hydrazone groups is 1. The smallest absolute Gasteiger partial charge is 0.329 e. The number of carbonyl (C=O) groups excluding carboxylic acids is 2. The fraction of sp³-hybridized carbons (Fsp3) is 0.192. The van der Waals surface area contributed by atoms with Gasteiger partial charge in [0.15, 0.2) is 11.5 Å². The van der Waals surface area contributed by atoms with Gasteiger partial charge < -0.3 is 14.8 Å². The van der Waals surface area contributed by atoms with E-state index in [-0.39, 0.29) is 0 Å². The molecule has 3 rings (SSSR count). The van der Waals surface area contributed by atoms with E-state index in [1.54, 1.807) is 36.4 Å². The second-order valence-corrected chi connectivity index (χ2v) is 8.92. The maximum absolute atomic E-state index is 12.1. The van der Waals surface area contributed by atoms with Crippen LogP contribution in [0.4, 0.5) is 5.69 Å². The van der Waals surface area contributed by atoms with E-state index in [1.165, 1.54) is 6.21 Å². The number of carbonyl (C=O) groups is 2. The summed E-state index contributed by atoms with van der Waals surface area (Å²) in [5.74, 6) is -0.647. The number of anilines is 1. The molecule has 0 unspecified atom stereocenters. The highest BCUT2D eigenvalue weighted by Gasteiger charge is 2.14. The molecule has 2 amide bonds. The first kappa shape index (κ1) is 26.2. The van der Waals surface area contributed by atoms with Gasteiger partial charge in [-0.1, -0.05) is 29.8 Å². The molecule has 0 bridgehead atoms. The third-order valence-electron chi connectivity index (χ3n) is 4.98. The first-order valence-electron chi connectivity index (χ1n) is 10.8. The van der Waals surface area contributed by atoms with E-state index in [9.17, 15) is 9.59 Å². The van der Waals surface area contributed by atoms with E-state index in [1.807, 2.05) is 39.0 Å². The van der Waals surface area contributed by atoms with Crippen molar-refractivity contribution in [1.82, 2.24) is 5.43 Å². The van der Waals surface area contributed by atoms with Crippen LogP contribution in [0.2, 0.25) is 5.02 Å². The molecular weight excluding hydrogens is 534 g/mol. The summed E-state index contributed by atoms with van der Waals surface area (Å²) >= 11 is 9.44. The van der Waals surface area contributed by atoms with Crippen molar-refractivity contribution in [3.05, 3.63) is 86.3 Å². The number of nitrogens with one attached hydrogen (secondary N) is 2. The van der Waals surface area contributed by atoms with Gasteiger partial charge in [0.05, 0.1) is 17.3 Å². The Kier molecular flexibility index (Phi) is 9.28. The molecule has 9 heteroatoms. The SMILES string of the molecule is CCOc1cc(/C=N/NC(=O)C(=O)Nc2ccc(C)c(C)c2)cc(Br)c1OCc1ccc(Cl)cc1. The molecule has 0 radical (unpaired) electrons. The van der Waals surface area contributed by atoms with Crippen LogP contribution in [-0.2, 0) is 16.2 Å². The predicted molar refractivity (Wildman–Crippen MR) is 141 cm³/mol. The summed E-state index contributed by atoms with van der Waals surface area (Å²) in [5.41, 5.74) is 6.47. The number of nitrogens with zero attached hydrogens (tertiary/aromatic N) is 1. The monoisotopic (exact) mass is 557 g/mol. The number of halogens is 2. The zero-order valence-electron chi connectivity index (χ0n) is 19.5. The van der Waals surface area contributed by atoms with Gasteiger partial charge in [-0.25, -0.2) is 5.43 Å². The van der Waals surface area contributed by atoms with Crippen LogP contribution >= 0.6 is 27.5 Å². The largest absolute Gasteiger partial charge is 0.490 e. The lowest BCUT2D eigenvalue weighted by Crippen LogP contribution is -2.32. The second kappa shape index (κ2) is 12.4. The van der Waals surface area contributed by atoms with E-state index in [0.717, 1.165) is 16.7 Å². The van der Waals surface area contributed by atoms with E-state index in [4.69, 9.17) is 21.1 Å².